The SMILES string of the molecule is O=C(CCc1ccc(Cl)c(Cl)c1)NCCc1ccccc1. The molecule has 0 aromatic heterocycles. The first-order valence-electron chi connectivity index (χ1n) is 6.90. The van der Waals surface area contributed by atoms with Gasteiger partial charge in [0.2, 0.25) is 5.91 Å². The molecule has 2 aromatic rings. The summed E-state index contributed by atoms with van der Waals surface area (Å²) in [5.74, 6) is 0.0528. The zero-order valence-electron chi connectivity index (χ0n) is 11.6. The Labute approximate surface area is 135 Å². The molecule has 0 unspecified atom stereocenters. The van der Waals surface area contributed by atoms with Crippen LogP contribution in [0.15, 0.2) is 48.5 Å². The number of rotatable bonds is 6. The van der Waals surface area contributed by atoms with Crippen molar-refractivity contribution in [2.24, 2.45) is 0 Å². The number of hydrogen-bond donors (Lipinski definition) is 1. The smallest absolute Gasteiger partial charge is 0.220 e. The van der Waals surface area contributed by atoms with Crippen molar-refractivity contribution >= 4 is 29.1 Å². The predicted molar refractivity (Wildman–Crippen MR) is 87.9 cm³/mol. The van der Waals surface area contributed by atoms with Gasteiger partial charge in [0.25, 0.3) is 0 Å². The highest BCUT2D eigenvalue weighted by Gasteiger charge is 2.04. The van der Waals surface area contributed by atoms with Crippen molar-refractivity contribution in [2.45, 2.75) is 19.3 Å². The van der Waals surface area contributed by atoms with E-state index in [1.165, 1.54) is 5.56 Å². The first-order chi connectivity index (χ1) is 10.1. The summed E-state index contributed by atoms with van der Waals surface area (Å²) in [6.45, 7) is 0.657. The van der Waals surface area contributed by atoms with Crippen molar-refractivity contribution in [2.75, 3.05) is 6.54 Å². The molecule has 2 rings (SSSR count). The van der Waals surface area contributed by atoms with Gasteiger partial charge in [-0.3, -0.25) is 4.79 Å². The Hall–Kier alpha value is -1.51. The summed E-state index contributed by atoms with van der Waals surface area (Å²) in [5, 5.41) is 3.99. The number of benzene rings is 2. The summed E-state index contributed by atoms with van der Waals surface area (Å²) in [4.78, 5) is 11.8. The van der Waals surface area contributed by atoms with Crippen LogP contribution in [0, 0.1) is 0 Å². The molecule has 1 amide bonds. The van der Waals surface area contributed by atoms with Gasteiger partial charge in [-0.15, -0.1) is 0 Å². The lowest BCUT2D eigenvalue weighted by molar-refractivity contribution is -0.121. The van der Waals surface area contributed by atoms with Gasteiger partial charge in [-0.25, -0.2) is 0 Å². The predicted octanol–water partition coefficient (Wildman–Crippen LogP) is 4.28. The van der Waals surface area contributed by atoms with Crippen molar-refractivity contribution in [3.63, 3.8) is 0 Å². The quantitative estimate of drug-likeness (QED) is 0.845. The van der Waals surface area contributed by atoms with Crippen LogP contribution < -0.4 is 5.32 Å². The highest BCUT2D eigenvalue weighted by Crippen LogP contribution is 2.23. The Kier molecular flexibility index (Phi) is 6.09. The Morgan fingerprint density at radius 3 is 2.38 bits per heavy atom. The summed E-state index contributed by atoms with van der Waals surface area (Å²) in [7, 11) is 0. The fraction of sp³-hybridized carbons (Fsp3) is 0.235. The van der Waals surface area contributed by atoms with E-state index >= 15 is 0 Å². The summed E-state index contributed by atoms with van der Waals surface area (Å²) >= 11 is 11.8. The van der Waals surface area contributed by atoms with Crippen LogP contribution in [0.3, 0.4) is 0 Å². The van der Waals surface area contributed by atoms with Gasteiger partial charge in [0.1, 0.15) is 0 Å². The molecule has 0 saturated heterocycles. The molecule has 0 heterocycles. The van der Waals surface area contributed by atoms with Crippen molar-refractivity contribution < 1.29 is 4.79 Å². The van der Waals surface area contributed by atoms with Gasteiger partial charge in [0.15, 0.2) is 0 Å². The maximum Gasteiger partial charge on any atom is 0.220 e. The molecule has 0 aliphatic carbocycles. The molecule has 0 fully saturated rings. The largest absolute Gasteiger partial charge is 0.356 e. The number of carbonyl (C=O) groups excluding carboxylic acids is 1. The third kappa shape index (κ3) is 5.41. The molecule has 21 heavy (non-hydrogen) atoms. The second kappa shape index (κ2) is 8.06. The van der Waals surface area contributed by atoms with E-state index in [1.54, 1.807) is 12.1 Å². The molecule has 0 saturated carbocycles. The minimum Gasteiger partial charge on any atom is -0.356 e. The molecule has 0 radical (unpaired) electrons. The molecular weight excluding hydrogens is 305 g/mol. The number of hydrogen-bond acceptors (Lipinski definition) is 1. The zero-order valence-corrected chi connectivity index (χ0v) is 13.1. The third-order valence-corrected chi connectivity index (χ3v) is 3.94. The second-order valence-corrected chi connectivity index (χ2v) is 5.65. The van der Waals surface area contributed by atoms with Crippen LogP contribution in [0.5, 0.6) is 0 Å². The van der Waals surface area contributed by atoms with Gasteiger partial charge >= 0.3 is 0 Å². The van der Waals surface area contributed by atoms with E-state index in [4.69, 9.17) is 23.2 Å². The van der Waals surface area contributed by atoms with E-state index < -0.39 is 0 Å². The molecule has 2 aromatic carbocycles. The highest BCUT2D eigenvalue weighted by molar-refractivity contribution is 6.42. The summed E-state index contributed by atoms with van der Waals surface area (Å²) < 4.78 is 0. The molecule has 2 nitrogen and oxygen atoms in total. The van der Waals surface area contributed by atoms with Crippen molar-refractivity contribution in [1.29, 1.82) is 0 Å². The molecule has 0 bridgehead atoms. The molecule has 0 aliphatic heterocycles. The Morgan fingerprint density at radius 2 is 1.67 bits per heavy atom. The minimum absolute atomic E-state index is 0.0528. The van der Waals surface area contributed by atoms with Gasteiger partial charge in [0, 0.05) is 13.0 Å². The first kappa shape index (κ1) is 15.9. The number of nitrogens with one attached hydrogen (secondary N) is 1. The van der Waals surface area contributed by atoms with Gasteiger partial charge < -0.3 is 5.32 Å². The topological polar surface area (TPSA) is 29.1 Å². The number of halogens is 2. The van der Waals surface area contributed by atoms with E-state index in [-0.39, 0.29) is 5.91 Å². The first-order valence-corrected chi connectivity index (χ1v) is 7.65. The van der Waals surface area contributed by atoms with Crippen LogP contribution in [0.1, 0.15) is 17.5 Å². The maximum absolute atomic E-state index is 11.8. The Balaban J connectivity index is 1.71. The highest BCUT2D eigenvalue weighted by atomic mass is 35.5. The Bertz CT molecular complexity index is 599. The van der Waals surface area contributed by atoms with Crippen LogP contribution in [-0.4, -0.2) is 12.5 Å². The van der Waals surface area contributed by atoms with Crippen molar-refractivity contribution in [1.82, 2.24) is 5.32 Å². The van der Waals surface area contributed by atoms with Crippen molar-refractivity contribution in [3.8, 4) is 0 Å². The van der Waals surface area contributed by atoms with Gasteiger partial charge in [-0.05, 0) is 36.1 Å². The lowest BCUT2D eigenvalue weighted by Gasteiger charge is -2.06. The summed E-state index contributed by atoms with van der Waals surface area (Å²) in [6, 6.07) is 15.6. The molecule has 0 spiro atoms. The van der Waals surface area contributed by atoms with Gasteiger partial charge in [-0.1, -0.05) is 59.6 Å². The van der Waals surface area contributed by atoms with Crippen LogP contribution in [0.4, 0.5) is 0 Å². The van der Waals surface area contributed by atoms with Crippen LogP contribution in [0.2, 0.25) is 10.0 Å². The van der Waals surface area contributed by atoms with E-state index in [2.05, 4.69) is 17.4 Å². The van der Waals surface area contributed by atoms with Crippen LogP contribution in [-0.2, 0) is 17.6 Å². The Morgan fingerprint density at radius 1 is 0.905 bits per heavy atom. The maximum atomic E-state index is 11.8. The van der Waals surface area contributed by atoms with E-state index in [0.717, 1.165) is 12.0 Å². The van der Waals surface area contributed by atoms with E-state index in [0.29, 0.717) is 29.4 Å². The average Bonchev–Trinajstić information content (AvgIpc) is 2.49. The average molecular weight is 322 g/mol. The molecule has 110 valence electrons. The normalized spacial score (nSPS) is 10.4. The lowest BCUT2D eigenvalue weighted by atomic mass is 10.1. The fourth-order valence-corrected chi connectivity index (χ4v) is 2.35. The van der Waals surface area contributed by atoms with Crippen molar-refractivity contribution in [3.05, 3.63) is 69.7 Å². The molecule has 0 atom stereocenters. The minimum atomic E-state index is 0.0528. The lowest BCUT2D eigenvalue weighted by Crippen LogP contribution is -2.25. The second-order valence-electron chi connectivity index (χ2n) is 4.83. The van der Waals surface area contributed by atoms with Gasteiger partial charge in [0.05, 0.1) is 10.0 Å². The molecular formula is C17H17Cl2NO. The third-order valence-electron chi connectivity index (χ3n) is 3.20. The van der Waals surface area contributed by atoms with Crippen LogP contribution >= 0.6 is 23.2 Å². The van der Waals surface area contributed by atoms with Gasteiger partial charge in [-0.2, -0.15) is 0 Å². The summed E-state index contributed by atoms with van der Waals surface area (Å²) in [6.07, 6.45) is 1.96. The number of aryl methyl sites for hydroxylation is 1. The van der Waals surface area contributed by atoms with E-state index in [9.17, 15) is 4.79 Å². The monoisotopic (exact) mass is 321 g/mol. The number of amides is 1. The molecule has 4 heteroatoms. The fourth-order valence-electron chi connectivity index (χ4n) is 2.03. The number of carbonyl (C=O) groups is 1. The van der Waals surface area contributed by atoms with Crippen LogP contribution in [0.25, 0.3) is 0 Å². The molecule has 1 N–H and O–H groups in total. The molecule has 0 aliphatic rings. The standard InChI is InChI=1S/C17H17Cl2NO/c18-15-8-6-14(12-16(15)19)7-9-17(21)20-11-10-13-4-2-1-3-5-13/h1-6,8,12H,7,9-11H2,(H,20,21). The van der Waals surface area contributed by atoms with E-state index in [1.807, 2.05) is 24.3 Å². The zero-order chi connectivity index (χ0) is 15.1. The summed E-state index contributed by atoms with van der Waals surface area (Å²) in [5.41, 5.74) is 2.24.